The van der Waals surface area contributed by atoms with Gasteiger partial charge in [-0.1, -0.05) is 27.2 Å². The zero-order valence-electron chi connectivity index (χ0n) is 16.8. The van der Waals surface area contributed by atoms with E-state index < -0.39 is 30.7 Å². The molecule has 3 saturated carbocycles. The number of aliphatic hydroxyl groups excluding tert-OH is 3. The molecular formula is C21H36O5. The van der Waals surface area contributed by atoms with Crippen molar-refractivity contribution in [2.75, 3.05) is 0 Å². The highest BCUT2D eigenvalue weighted by atomic mass is 16.7. The highest BCUT2D eigenvalue weighted by molar-refractivity contribution is 5.15. The molecule has 150 valence electrons. The van der Waals surface area contributed by atoms with Crippen LogP contribution >= 0.6 is 0 Å². The lowest BCUT2D eigenvalue weighted by Gasteiger charge is -2.46. The van der Waals surface area contributed by atoms with Crippen LogP contribution in [0.5, 0.6) is 0 Å². The van der Waals surface area contributed by atoms with E-state index in [1.165, 1.54) is 6.42 Å². The SMILES string of the molecule is C[C@@H]1CCC2C1C1C(CC[C@@]2(C)O[C@@H]2O[C@H](C)[C@H](O)[C@H](O)[C@H]2O)C1(C)C. The van der Waals surface area contributed by atoms with E-state index in [9.17, 15) is 15.3 Å². The van der Waals surface area contributed by atoms with Crippen LogP contribution in [0.15, 0.2) is 0 Å². The Hall–Kier alpha value is -0.200. The first kappa shape index (κ1) is 19.1. The maximum absolute atomic E-state index is 10.4. The van der Waals surface area contributed by atoms with Crippen LogP contribution in [0.1, 0.15) is 60.3 Å². The lowest BCUT2D eigenvalue weighted by molar-refractivity contribution is -0.327. The third-order valence-electron chi connectivity index (χ3n) is 8.54. The number of hydrogen-bond donors (Lipinski definition) is 3. The van der Waals surface area contributed by atoms with Crippen molar-refractivity contribution >= 4 is 0 Å². The molecule has 0 bridgehead atoms. The van der Waals surface area contributed by atoms with E-state index in [1.54, 1.807) is 6.92 Å². The van der Waals surface area contributed by atoms with Gasteiger partial charge in [0.05, 0.1) is 11.7 Å². The molecule has 3 N–H and O–H groups in total. The van der Waals surface area contributed by atoms with Gasteiger partial charge in [-0.3, -0.25) is 0 Å². The summed E-state index contributed by atoms with van der Waals surface area (Å²) in [6.07, 6.45) is -0.466. The Balaban J connectivity index is 1.56. The van der Waals surface area contributed by atoms with Crippen molar-refractivity contribution < 1.29 is 24.8 Å². The van der Waals surface area contributed by atoms with Crippen LogP contribution in [-0.4, -0.2) is 51.6 Å². The molecule has 0 radical (unpaired) electrons. The van der Waals surface area contributed by atoms with Crippen LogP contribution in [0.4, 0.5) is 0 Å². The normalized spacial score (nSPS) is 58.6. The molecule has 4 rings (SSSR count). The van der Waals surface area contributed by atoms with Crippen molar-refractivity contribution in [3.63, 3.8) is 0 Å². The first-order valence-corrected chi connectivity index (χ1v) is 10.5. The molecular weight excluding hydrogens is 332 g/mol. The van der Waals surface area contributed by atoms with Gasteiger partial charge in [0.1, 0.15) is 18.3 Å². The van der Waals surface area contributed by atoms with Crippen molar-refractivity contribution in [2.45, 2.75) is 96.6 Å². The standard InChI is InChI=1S/C21H36O5/c1-10-6-7-12-14(10)15-13(20(15,3)4)8-9-21(12,5)26-19-18(24)17(23)16(22)11(2)25-19/h10-19,22-24H,6-9H2,1-5H3/t10-,11-,12?,13?,14?,15?,16+,17+,18-,19+,21-/m1/s1. The van der Waals surface area contributed by atoms with Gasteiger partial charge < -0.3 is 24.8 Å². The Labute approximate surface area is 157 Å². The number of aliphatic hydroxyl groups is 3. The lowest BCUT2D eigenvalue weighted by atomic mass is 9.74. The van der Waals surface area contributed by atoms with Crippen LogP contribution in [0.3, 0.4) is 0 Å². The molecule has 0 aromatic carbocycles. The molecule has 26 heavy (non-hydrogen) atoms. The molecule has 5 nitrogen and oxygen atoms in total. The van der Waals surface area contributed by atoms with E-state index in [4.69, 9.17) is 9.47 Å². The number of rotatable bonds is 2. The van der Waals surface area contributed by atoms with Gasteiger partial charge in [0.25, 0.3) is 0 Å². The maximum Gasteiger partial charge on any atom is 0.187 e. The summed E-state index contributed by atoms with van der Waals surface area (Å²) >= 11 is 0. The lowest BCUT2D eigenvalue weighted by Crippen LogP contribution is -2.59. The first-order chi connectivity index (χ1) is 12.1. The van der Waals surface area contributed by atoms with Crippen molar-refractivity contribution in [2.24, 2.45) is 35.0 Å². The number of fused-ring (bicyclic) bond motifs is 3. The minimum atomic E-state index is -1.23. The predicted octanol–water partition coefficient (Wildman–Crippen LogP) is 2.32. The predicted molar refractivity (Wildman–Crippen MR) is 97.2 cm³/mol. The first-order valence-electron chi connectivity index (χ1n) is 10.5. The summed E-state index contributed by atoms with van der Waals surface area (Å²) in [5.41, 5.74) is 0.0881. The van der Waals surface area contributed by atoms with Gasteiger partial charge in [-0.2, -0.15) is 0 Å². The summed E-state index contributed by atoms with van der Waals surface area (Å²) in [5.74, 6) is 3.38. The monoisotopic (exact) mass is 368 g/mol. The van der Waals surface area contributed by atoms with Crippen LogP contribution in [0.25, 0.3) is 0 Å². The Morgan fingerprint density at radius 3 is 2.27 bits per heavy atom. The molecule has 0 aromatic rings. The summed E-state index contributed by atoms with van der Waals surface area (Å²) < 4.78 is 12.2. The van der Waals surface area contributed by atoms with E-state index >= 15 is 0 Å². The molecule has 11 atom stereocenters. The van der Waals surface area contributed by atoms with Crippen LogP contribution in [-0.2, 0) is 9.47 Å². The molecule has 0 aromatic heterocycles. The molecule has 0 spiro atoms. The summed E-state index contributed by atoms with van der Waals surface area (Å²) in [4.78, 5) is 0. The molecule has 1 heterocycles. The van der Waals surface area contributed by atoms with Crippen LogP contribution in [0.2, 0.25) is 0 Å². The smallest absolute Gasteiger partial charge is 0.187 e. The molecule has 4 unspecified atom stereocenters. The molecule has 4 fully saturated rings. The van der Waals surface area contributed by atoms with Gasteiger partial charge in [-0.05, 0) is 68.1 Å². The molecule has 4 aliphatic rings. The molecule has 0 amide bonds. The molecule has 5 heteroatoms. The zero-order chi connectivity index (χ0) is 19.0. The molecule has 3 aliphatic carbocycles. The fourth-order valence-corrected chi connectivity index (χ4v) is 6.79. The Kier molecular flexibility index (Phi) is 4.52. The Morgan fingerprint density at radius 2 is 1.58 bits per heavy atom. The molecule has 1 saturated heterocycles. The minimum Gasteiger partial charge on any atom is -0.388 e. The van der Waals surface area contributed by atoms with E-state index in [-0.39, 0.29) is 5.60 Å². The molecule has 1 aliphatic heterocycles. The van der Waals surface area contributed by atoms with Gasteiger partial charge >= 0.3 is 0 Å². The largest absolute Gasteiger partial charge is 0.388 e. The zero-order valence-corrected chi connectivity index (χ0v) is 16.8. The summed E-state index contributed by atoms with van der Waals surface area (Å²) in [6.45, 7) is 11.1. The van der Waals surface area contributed by atoms with Gasteiger partial charge in [0.2, 0.25) is 0 Å². The van der Waals surface area contributed by atoms with Gasteiger partial charge in [-0.15, -0.1) is 0 Å². The van der Waals surface area contributed by atoms with Crippen molar-refractivity contribution in [3.05, 3.63) is 0 Å². The van der Waals surface area contributed by atoms with E-state index in [2.05, 4.69) is 27.7 Å². The average molecular weight is 369 g/mol. The van der Waals surface area contributed by atoms with Crippen molar-refractivity contribution in [1.29, 1.82) is 0 Å². The number of ether oxygens (including phenoxy) is 2. The third-order valence-corrected chi connectivity index (χ3v) is 8.54. The minimum absolute atomic E-state index is 0.355. The fourth-order valence-electron chi connectivity index (χ4n) is 6.79. The van der Waals surface area contributed by atoms with Crippen molar-refractivity contribution in [3.8, 4) is 0 Å². The third kappa shape index (κ3) is 2.69. The highest BCUT2D eigenvalue weighted by Gasteiger charge is 2.67. The second kappa shape index (κ2) is 6.15. The summed E-state index contributed by atoms with van der Waals surface area (Å²) in [6, 6.07) is 0. The van der Waals surface area contributed by atoms with Gasteiger partial charge in [0.15, 0.2) is 6.29 Å². The van der Waals surface area contributed by atoms with Crippen LogP contribution < -0.4 is 0 Å². The Bertz CT molecular complexity index is 551. The topological polar surface area (TPSA) is 79.2 Å². The van der Waals surface area contributed by atoms with Gasteiger partial charge in [-0.25, -0.2) is 0 Å². The summed E-state index contributed by atoms with van der Waals surface area (Å²) in [7, 11) is 0. The summed E-state index contributed by atoms with van der Waals surface area (Å²) in [5, 5.41) is 30.5. The highest BCUT2D eigenvalue weighted by Crippen LogP contribution is 2.71. The van der Waals surface area contributed by atoms with E-state index in [1.807, 2.05) is 0 Å². The van der Waals surface area contributed by atoms with Gasteiger partial charge in [0, 0.05) is 0 Å². The Morgan fingerprint density at radius 1 is 0.885 bits per heavy atom. The number of hydrogen-bond acceptors (Lipinski definition) is 5. The van der Waals surface area contributed by atoms with E-state index in [0.29, 0.717) is 23.2 Å². The maximum atomic E-state index is 10.4. The second-order valence-electron chi connectivity index (χ2n) is 10.3. The fraction of sp³-hybridized carbons (Fsp3) is 1.00. The van der Waals surface area contributed by atoms with E-state index in [0.717, 1.165) is 31.1 Å². The average Bonchev–Trinajstić information content (AvgIpc) is 2.95. The van der Waals surface area contributed by atoms with Crippen LogP contribution in [0, 0.1) is 35.0 Å². The van der Waals surface area contributed by atoms with Crippen molar-refractivity contribution in [1.82, 2.24) is 0 Å². The quantitative estimate of drug-likeness (QED) is 0.697. The second-order valence-corrected chi connectivity index (χ2v) is 10.3.